The van der Waals surface area contributed by atoms with Gasteiger partial charge in [0.1, 0.15) is 11.5 Å². The fraction of sp³-hybridized carbons (Fsp3) is 0.304. The molecule has 2 aromatic carbocycles. The number of nitrogens with zero attached hydrogens (tertiary/aromatic N) is 2. The summed E-state index contributed by atoms with van der Waals surface area (Å²) in [7, 11) is 0. The number of carbonyl (C=O) groups excluding carboxylic acids is 1. The molecule has 1 fully saturated rings. The summed E-state index contributed by atoms with van der Waals surface area (Å²) in [5.41, 5.74) is 1.56. The van der Waals surface area contributed by atoms with Gasteiger partial charge >= 0.3 is 0 Å². The van der Waals surface area contributed by atoms with Crippen LogP contribution in [0.25, 0.3) is 6.08 Å². The first-order valence-corrected chi connectivity index (χ1v) is 11.3. The number of ether oxygens (including phenoxy) is 1. The average Bonchev–Trinajstić information content (AvgIpc) is 3.03. The predicted molar refractivity (Wildman–Crippen MR) is 128 cm³/mol. The Morgan fingerprint density at radius 1 is 1.10 bits per heavy atom. The van der Waals surface area contributed by atoms with Gasteiger partial charge in [0.25, 0.3) is 5.91 Å². The molecule has 0 spiro atoms. The Kier molecular flexibility index (Phi) is 7.90. The number of hydrogen-bond donors (Lipinski definition) is 1. The van der Waals surface area contributed by atoms with Crippen LogP contribution in [-0.2, 0) is 4.79 Å². The lowest BCUT2D eigenvalue weighted by atomic mass is 10.2. The molecule has 1 amide bonds. The number of thioether (sulfide) groups is 1. The molecule has 5 nitrogen and oxygen atoms in total. The lowest BCUT2D eigenvalue weighted by molar-refractivity contribution is -0.113. The van der Waals surface area contributed by atoms with Crippen molar-refractivity contribution in [1.29, 1.82) is 0 Å². The number of benzene rings is 2. The van der Waals surface area contributed by atoms with Crippen molar-refractivity contribution in [2.75, 3.05) is 31.1 Å². The first-order chi connectivity index (χ1) is 14.5. The normalized spacial score (nSPS) is 15.4. The molecule has 1 saturated heterocycles. The zero-order valence-electron chi connectivity index (χ0n) is 17.2. The van der Waals surface area contributed by atoms with E-state index >= 15 is 0 Å². The second-order valence-electron chi connectivity index (χ2n) is 6.83. The number of hydrogen-bond acceptors (Lipinski definition) is 6. The zero-order chi connectivity index (χ0) is 21.5. The van der Waals surface area contributed by atoms with Crippen LogP contribution in [0.4, 0.5) is 5.69 Å². The van der Waals surface area contributed by atoms with E-state index in [1.54, 1.807) is 24.3 Å². The third-order valence-corrected chi connectivity index (χ3v) is 6.16. The lowest BCUT2D eigenvalue weighted by Gasteiger charge is -2.17. The van der Waals surface area contributed by atoms with Gasteiger partial charge in [-0.3, -0.25) is 9.69 Å². The Morgan fingerprint density at radius 2 is 1.77 bits per heavy atom. The minimum absolute atomic E-state index is 0.148. The quantitative estimate of drug-likeness (QED) is 0.338. The molecule has 0 saturated carbocycles. The van der Waals surface area contributed by atoms with E-state index in [1.165, 1.54) is 16.7 Å². The first kappa shape index (κ1) is 22.3. The second kappa shape index (κ2) is 10.6. The van der Waals surface area contributed by atoms with E-state index in [2.05, 4.69) is 18.7 Å². The minimum atomic E-state index is -0.160. The average molecular weight is 443 g/mol. The molecular weight excluding hydrogens is 416 g/mol. The van der Waals surface area contributed by atoms with Gasteiger partial charge in [-0.15, -0.1) is 0 Å². The van der Waals surface area contributed by atoms with Crippen molar-refractivity contribution in [3.63, 3.8) is 0 Å². The van der Waals surface area contributed by atoms with Crippen LogP contribution < -0.4 is 9.64 Å². The second-order valence-corrected chi connectivity index (χ2v) is 8.51. The van der Waals surface area contributed by atoms with E-state index in [1.807, 2.05) is 30.3 Å². The summed E-state index contributed by atoms with van der Waals surface area (Å²) in [6.45, 7) is 8.17. The Labute approximate surface area is 187 Å². The summed E-state index contributed by atoms with van der Waals surface area (Å²) in [5, 5.41) is 9.45. The molecule has 1 aliphatic heterocycles. The molecule has 0 bridgehead atoms. The number of phenols is 1. The fourth-order valence-electron chi connectivity index (χ4n) is 3.12. The SMILES string of the molecule is CCN(CC)CCCOc1ccc(C=C2SC(=S)N(c3ccc(O)cc3)C2=O)cc1. The number of anilines is 1. The highest BCUT2D eigenvalue weighted by molar-refractivity contribution is 8.27. The highest BCUT2D eigenvalue weighted by atomic mass is 32.2. The van der Waals surface area contributed by atoms with Gasteiger partial charge in [0, 0.05) is 6.54 Å². The van der Waals surface area contributed by atoms with Gasteiger partial charge in [0.2, 0.25) is 0 Å². The van der Waals surface area contributed by atoms with Crippen LogP contribution in [0, 0.1) is 0 Å². The highest BCUT2D eigenvalue weighted by Crippen LogP contribution is 2.36. The number of thiocarbonyl (C=S) groups is 1. The number of phenolic OH excluding ortho intramolecular Hbond substituents is 1. The van der Waals surface area contributed by atoms with E-state index < -0.39 is 0 Å². The van der Waals surface area contributed by atoms with Gasteiger partial charge in [-0.05, 0) is 67.5 Å². The van der Waals surface area contributed by atoms with Crippen LogP contribution in [0.3, 0.4) is 0 Å². The maximum absolute atomic E-state index is 12.8. The predicted octanol–water partition coefficient (Wildman–Crippen LogP) is 4.91. The molecule has 30 heavy (non-hydrogen) atoms. The Hall–Kier alpha value is -2.35. The minimum Gasteiger partial charge on any atom is -0.508 e. The molecule has 0 radical (unpaired) electrons. The third kappa shape index (κ3) is 5.62. The smallest absolute Gasteiger partial charge is 0.270 e. The van der Waals surface area contributed by atoms with Crippen molar-refractivity contribution in [2.45, 2.75) is 20.3 Å². The van der Waals surface area contributed by atoms with E-state index in [9.17, 15) is 9.90 Å². The zero-order valence-corrected chi connectivity index (χ0v) is 18.8. The summed E-state index contributed by atoms with van der Waals surface area (Å²) in [6, 6.07) is 14.1. The lowest BCUT2D eigenvalue weighted by Crippen LogP contribution is -2.27. The summed E-state index contributed by atoms with van der Waals surface area (Å²) < 4.78 is 6.30. The van der Waals surface area contributed by atoms with Crippen molar-refractivity contribution in [1.82, 2.24) is 4.90 Å². The van der Waals surface area contributed by atoms with Crippen LogP contribution in [-0.4, -0.2) is 46.5 Å². The molecule has 1 aliphatic rings. The standard InChI is InChI=1S/C23H26N2O3S2/c1-3-24(4-2)14-5-15-28-20-12-6-17(7-13-20)16-21-22(27)25(23(29)30-21)18-8-10-19(26)11-9-18/h6-13,16,26H,3-5,14-15H2,1-2H3. The van der Waals surface area contributed by atoms with Gasteiger partial charge in [-0.2, -0.15) is 0 Å². The van der Waals surface area contributed by atoms with Crippen molar-refractivity contribution in [3.8, 4) is 11.5 Å². The summed E-state index contributed by atoms with van der Waals surface area (Å²) in [5.74, 6) is 0.811. The topological polar surface area (TPSA) is 53.0 Å². The summed E-state index contributed by atoms with van der Waals surface area (Å²) in [6.07, 6.45) is 2.83. The van der Waals surface area contributed by atoms with Crippen LogP contribution in [0.15, 0.2) is 53.4 Å². The van der Waals surface area contributed by atoms with Crippen molar-refractivity contribution >= 4 is 46.0 Å². The maximum atomic E-state index is 12.8. The Bertz CT molecular complexity index is 907. The third-order valence-electron chi connectivity index (χ3n) is 4.86. The molecule has 1 heterocycles. The van der Waals surface area contributed by atoms with Gasteiger partial charge in [-0.25, -0.2) is 0 Å². The van der Waals surface area contributed by atoms with E-state index in [0.29, 0.717) is 21.5 Å². The monoisotopic (exact) mass is 442 g/mol. The van der Waals surface area contributed by atoms with E-state index in [4.69, 9.17) is 17.0 Å². The van der Waals surface area contributed by atoms with Crippen molar-refractivity contribution in [3.05, 3.63) is 59.0 Å². The molecule has 7 heteroatoms. The van der Waals surface area contributed by atoms with E-state index in [0.717, 1.165) is 37.4 Å². The molecule has 2 aromatic rings. The Balaban J connectivity index is 1.59. The van der Waals surface area contributed by atoms with Crippen LogP contribution in [0.2, 0.25) is 0 Å². The molecular formula is C23H26N2O3S2. The molecule has 0 unspecified atom stereocenters. The van der Waals surface area contributed by atoms with Gasteiger partial charge in [0.05, 0.1) is 17.2 Å². The molecule has 158 valence electrons. The number of rotatable bonds is 9. The summed E-state index contributed by atoms with van der Waals surface area (Å²) in [4.78, 5) is 17.2. The van der Waals surface area contributed by atoms with Gasteiger partial charge in [-0.1, -0.05) is 50.0 Å². The first-order valence-electron chi connectivity index (χ1n) is 10.0. The molecule has 0 aliphatic carbocycles. The molecule has 0 aromatic heterocycles. The maximum Gasteiger partial charge on any atom is 0.270 e. The van der Waals surface area contributed by atoms with Crippen molar-refractivity contribution in [2.24, 2.45) is 0 Å². The highest BCUT2D eigenvalue weighted by Gasteiger charge is 2.33. The largest absolute Gasteiger partial charge is 0.508 e. The summed E-state index contributed by atoms with van der Waals surface area (Å²) >= 11 is 6.66. The van der Waals surface area contributed by atoms with Crippen LogP contribution in [0.5, 0.6) is 11.5 Å². The number of amides is 1. The fourth-order valence-corrected chi connectivity index (χ4v) is 4.42. The van der Waals surface area contributed by atoms with Gasteiger partial charge < -0.3 is 14.7 Å². The molecule has 1 N–H and O–H groups in total. The molecule has 3 rings (SSSR count). The van der Waals surface area contributed by atoms with Crippen LogP contribution in [0.1, 0.15) is 25.8 Å². The van der Waals surface area contributed by atoms with Crippen molar-refractivity contribution < 1.29 is 14.6 Å². The molecule has 0 atom stereocenters. The number of carbonyl (C=O) groups is 1. The van der Waals surface area contributed by atoms with Crippen LogP contribution >= 0.6 is 24.0 Å². The Morgan fingerprint density at radius 3 is 2.40 bits per heavy atom. The number of aromatic hydroxyl groups is 1. The van der Waals surface area contributed by atoms with Gasteiger partial charge in [0.15, 0.2) is 4.32 Å². The van der Waals surface area contributed by atoms with E-state index in [-0.39, 0.29) is 11.7 Å².